The molecule has 0 bridgehead atoms. The molecule has 1 fully saturated rings. The Hall–Kier alpha value is -2.95. The molecule has 2 aromatic carbocycles. The minimum Gasteiger partial charge on any atom is -0.387 e. The molecule has 0 amide bonds. The monoisotopic (exact) mass is 476 g/mol. The van der Waals surface area contributed by atoms with E-state index in [0.717, 1.165) is 24.3 Å². The van der Waals surface area contributed by atoms with E-state index >= 15 is 0 Å². The van der Waals surface area contributed by atoms with Crippen molar-refractivity contribution in [3.8, 4) is 6.07 Å². The van der Waals surface area contributed by atoms with Crippen LogP contribution in [0.2, 0.25) is 5.02 Å². The van der Waals surface area contributed by atoms with Crippen LogP contribution in [0.3, 0.4) is 0 Å². The highest BCUT2D eigenvalue weighted by Gasteiger charge is 2.31. The molecule has 1 aliphatic heterocycles. The van der Waals surface area contributed by atoms with Crippen molar-refractivity contribution in [2.75, 3.05) is 31.1 Å². The number of aliphatic hydroxyl groups excluding tert-OH is 1. The van der Waals surface area contributed by atoms with Crippen LogP contribution in [0.15, 0.2) is 66.9 Å². The van der Waals surface area contributed by atoms with Gasteiger partial charge in [-0.2, -0.15) is 5.26 Å². The highest BCUT2D eigenvalue weighted by molar-refractivity contribution is 6.33. The SMILES string of the molecule is CC(C)(O)c1ccc(C(O)CN2CCN(c3ccc(C#N)cc3Cl)[C@H](c3ccccc3)C2)cn1. The smallest absolute Gasteiger partial charge is 0.101 e. The summed E-state index contributed by atoms with van der Waals surface area (Å²) in [6.45, 7) is 6.05. The summed E-state index contributed by atoms with van der Waals surface area (Å²) in [7, 11) is 0. The van der Waals surface area contributed by atoms with Crippen molar-refractivity contribution in [3.05, 3.63) is 94.3 Å². The molecule has 1 aliphatic rings. The Morgan fingerprint density at radius 1 is 1.15 bits per heavy atom. The summed E-state index contributed by atoms with van der Waals surface area (Å²) in [6.07, 6.45) is 0.948. The van der Waals surface area contributed by atoms with Crippen molar-refractivity contribution >= 4 is 17.3 Å². The number of halogens is 1. The van der Waals surface area contributed by atoms with Crippen LogP contribution >= 0.6 is 11.6 Å². The van der Waals surface area contributed by atoms with E-state index in [0.29, 0.717) is 29.4 Å². The number of aromatic nitrogens is 1. The lowest BCUT2D eigenvalue weighted by atomic mass is 10.00. The summed E-state index contributed by atoms with van der Waals surface area (Å²) < 4.78 is 0. The lowest BCUT2D eigenvalue weighted by Gasteiger charge is -2.44. The summed E-state index contributed by atoms with van der Waals surface area (Å²) in [5, 5.41) is 30.8. The molecule has 2 heterocycles. The van der Waals surface area contributed by atoms with Gasteiger partial charge in [0, 0.05) is 37.9 Å². The molecular formula is C27H29ClN4O2. The molecular weight excluding hydrogens is 448 g/mol. The number of hydrogen-bond donors (Lipinski definition) is 2. The van der Waals surface area contributed by atoms with Crippen molar-refractivity contribution in [1.29, 1.82) is 5.26 Å². The number of hydrogen-bond acceptors (Lipinski definition) is 6. The second kappa shape index (κ2) is 10.1. The van der Waals surface area contributed by atoms with Crippen LogP contribution in [0.1, 0.15) is 48.4 Å². The number of piperazine rings is 1. The van der Waals surface area contributed by atoms with Crippen molar-refractivity contribution in [2.45, 2.75) is 31.6 Å². The highest BCUT2D eigenvalue weighted by atomic mass is 35.5. The number of β-amino-alcohol motifs (C(OH)–C–C–N with tert-alkyl or cyclic N) is 1. The fraction of sp³-hybridized carbons (Fsp3) is 0.333. The van der Waals surface area contributed by atoms with E-state index in [4.69, 9.17) is 11.6 Å². The van der Waals surface area contributed by atoms with Crippen LogP contribution in [0.4, 0.5) is 5.69 Å². The van der Waals surface area contributed by atoms with Gasteiger partial charge in [0.25, 0.3) is 0 Å². The van der Waals surface area contributed by atoms with Crippen LogP contribution in [0.5, 0.6) is 0 Å². The number of aliphatic hydroxyl groups is 2. The van der Waals surface area contributed by atoms with Gasteiger partial charge in [0.05, 0.1) is 40.2 Å². The Kier molecular flexibility index (Phi) is 7.20. The third-order valence-corrected chi connectivity index (χ3v) is 6.57. The molecule has 176 valence electrons. The van der Waals surface area contributed by atoms with Crippen molar-refractivity contribution in [2.24, 2.45) is 0 Å². The zero-order valence-corrected chi connectivity index (χ0v) is 20.2. The number of nitrogens with zero attached hydrogens (tertiary/aromatic N) is 4. The molecule has 0 spiro atoms. The maximum absolute atomic E-state index is 10.9. The number of benzene rings is 2. The molecule has 2 atom stereocenters. The number of anilines is 1. The first-order chi connectivity index (χ1) is 16.3. The zero-order chi connectivity index (χ0) is 24.3. The fourth-order valence-electron chi connectivity index (χ4n) is 4.38. The third-order valence-electron chi connectivity index (χ3n) is 6.26. The maximum Gasteiger partial charge on any atom is 0.101 e. The van der Waals surface area contributed by atoms with Crippen molar-refractivity contribution < 1.29 is 10.2 Å². The van der Waals surface area contributed by atoms with Gasteiger partial charge in [0.15, 0.2) is 0 Å². The van der Waals surface area contributed by atoms with Gasteiger partial charge in [-0.25, -0.2) is 0 Å². The van der Waals surface area contributed by atoms with Gasteiger partial charge in [0.2, 0.25) is 0 Å². The minimum atomic E-state index is -1.02. The Morgan fingerprint density at radius 2 is 1.91 bits per heavy atom. The fourth-order valence-corrected chi connectivity index (χ4v) is 4.67. The van der Waals surface area contributed by atoms with Gasteiger partial charge in [-0.3, -0.25) is 9.88 Å². The maximum atomic E-state index is 10.9. The summed E-state index contributed by atoms with van der Waals surface area (Å²) in [5.41, 5.74) is 2.88. The van der Waals surface area contributed by atoms with Crippen molar-refractivity contribution in [1.82, 2.24) is 9.88 Å². The first-order valence-electron chi connectivity index (χ1n) is 11.4. The van der Waals surface area contributed by atoms with E-state index in [1.807, 2.05) is 30.3 Å². The summed E-state index contributed by atoms with van der Waals surface area (Å²) in [4.78, 5) is 8.86. The number of nitriles is 1. The average molecular weight is 477 g/mol. The van der Waals surface area contributed by atoms with Crippen molar-refractivity contribution in [3.63, 3.8) is 0 Å². The van der Waals surface area contributed by atoms with Crippen LogP contribution in [0, 0.1) is 11.3 Å². The van der Waals surface area contributed by atoms with E-state index in [1.165, 1.54) is 5.56 Å². The van der Waals surface area contributed by atoms with Gasteiger partial charge >= 0.3 is 0 Å². The third kappa shape index (κ3) is 5.40. The second-order valence-corrected chi connectivity index (χ2v) is 9.62. The molecule has 1 saturated heterocycles. The summed E-state index contributed by atoms with van der Waals surface area (Å²) in [6, 6.07) is 21.4. The number of pyridine rings is 1. The van der Waals surface area contributed by atoms with Gasteiger partial charge in [0.1, 0.15) is 5.60 Å². The first-order valence-corrected chi connectivity index (χ1v) is 11.7. The zero-order valence-electron chi connectivity index (χ0n) is 19.4. The van der Waals surface area contributed by atoms with E-state index in [1.54, 1.807) is 38.2 Å². The average Bonchev–Trinajstić information content (AvgIpc) is 2.84. The molecule has 34 heavy (non-hydrogen) atoms. The Morgan fingerprint density at radius 3 is 2.53 bits per heavy atom. The van der Waals surface area contributed by atoms with Crippen LogP contribution in [0.25, 0.3) is 0 Å². The molecule has 1 unspecified atom stereocenters. The molecule has 0 aliphatic carbocycles. The molecule has 1 aromatic heterocycles. The van der Waals surface area contributed by atoms with Gasteiger partial charge in [-0.1, -0.05) is 48.0 Å². The topological polar surface area (TPSA) is 83.6 Å². The summed E-state index contributed by atoms with van der Waals surface area (Å²) >= 11 is 6.57. The molecule has 2 N–H and O–H groups in total. The second-order valence-electron chi connectivity index (χ2n) is 9.21. The molecule has 4 rings (SSSR count). The van der Waals surface area contributed by atoms with E-state index in [9.17, 15) is 15.5 Å². The Balaban J connectivity index is 1.53. The minimum absolute atomic E-state index is 0.0447. The van der Waals surface area contributed by atoms with Gasteiger partial charge in [-0.15, -0.1) is 0 Å². The summed E-state index contributed by atoms with van der Waals surface area (Å²) in [5.74, 6) is 0. The van der Waals surface area contributed by atoms with Gasteiger partial charge < -0.3 is 15.1 Å². The van der Waals surface area contributed by atoms with Crippen LogP contribution in [-0.4, -0.2) is 46.3 Å². The quantitative estimate of drug-likeness (QED) is 0.547. The van der Waals surface area contributed by atoms with Crippen LogP contribution in [-0.2, 0) is 5.60 Å². The van der Waals surface area contributed by atoms with Gasteiger partial charge in [-0.05, 0) is 43.7 Å². The highest BCUT2D eigenvalue weighted by Crippen LogP contribution is 2.36. The first kappa shape index (κ1) is 24.2. The predicted molar refractivity (Wildman–Crippen MR) is 134 cm³/mol. The molecule has 7 heteroatoms. The standard InChI is InChI=1S/C27H29ClN4O2/c1-27(2,34)26-11-9-21(16-30-26)25(33)18-31-12-13-32(23-10-8-19(15-29)14-22(23)28)24(17-31)20-6-4-3-5-7-20/h3-11,14,16,24-25,33-34H,12-13,17-18H2,1-2H3/t24-,25?/m0/s1. The molecule has 0 radical (unpaired) electrons. The van der Waals surface area contributed by atoms with E-state index < -0.39 is 11.7 Å². The van der Waals surface area contributed by atoms with E-state index in [-0.39, 0.29) is 6.04 Å². The Bertz CT molecular complexity index is 1160. The largest absolute Gasteiger partial charge is 0.387 e. The molecule has 0 saturated carbocycles. The van der Waals surface area contributed by atoms with E-state index in [2.05, 4.69) is 33.0 Å². The van der Waals surface area contributed by atoms with Crippen LogP contribution < -0.4 is 4.90 Å². The normalized spacial score (nSPS) is 17.9. The lowest BCUT2D eigenvalue weighted by molar-refractivity contribution is 0.0732. The molecule has 3 aromatic rings. The number of rotatable bonds is 6. The predicted octanol–water partition coefficient (Wildman–Crippen LogP) is 4.43. The lowest BCUT2D eigenvalue weighted by Crippen LogP contribution is -2.49. The Labute approximate surface area is 205 Å². The molecule has 6 nitrogen and oxygen atoms in total.